The van der Waals surface area contributed by atoms with Crippen LogP contribution in [0.15, 0.2) is 12.2 Å². The van der Waals surface area contributed by atoms with Gasteiger partial charge in [-0.3, -0.25) is 19.1 Å². The summed E-state index contributed by atoms with van der Waals surface area (Å²) in [6.07, 6.45) is 2.68. The van der Waals surface area contributed by atoms with Gasteiger partial charge >= 0.3 is 6.09 Å². The molecule has 4 aliphatic rings. The molecule has 0 aromatic rings. The fourth-order valence-corrected chi connectivity index (χ4v) is 6.12. The molecule has 2 aliphatic heterocycles. The monoisotopic (exact) mass is 556 g/mol. The molecule has 2 aliphatic carbocycles. The van der Waals surface area contributed by atoms with Gasteiger partial charge in [0.15, 0.2) is 0 Å². The zero-order valence-electron chi connectivity index (χ0n) is 21.8. The van der Waals surface area contributed by atoms with Gasteiger partial charge in [0.25, 0.3) is 5.91 Å². The maximum atomic E-state index is 13.5. The Hall–Kier alpha value is -2.71. The topological polar surface area (TPSA) is 180 Å². The molecule has 3 fully saturated rings. The quantitative estimate of drug-likeness (QED) is 0.326. The second-order valence-electron chi connectivity index (χ2n) is 11.3. The first kappa shape index (κ1) is 28.3. The molecule has 38 heavy (non-hydrogen) atoms. The van der Waals surface area contributed by atoms with Gasteiger partial charge in [-0.1, -0.05) is 12.2 Å². The largest absolute Gasteiger partial charge is 0.444 e. The molecule has 4 rings (SSSR count). The number of carbonyl (C=O) groups excluding carboxylic acids is 4. The van der Waals surface area contributed by atoms with Crippen molar-refractivity contribution in [1.82, 2.24) is 20.3 Å². The van der Waals surface area contributed by atoms with Gasteiger partial charge in [0.1, 0.15) is 23.2 Å². The highest BCUT2D eigenvalue weighted by Gasteiger charge is 2.62. The number of rotatable bonds is 4. The summed E-state index contributed by atoms with van der Waals surface area (Å²) in [6.45, 7) is 5.13. The van der Waals surface area contributed by atoms with Crippen LogP contribution in [0, 0.1) is 5.92 Å². The number of hydrogen-bond donors (Lipinski definition) is 4. The van der Waals surface area contributed by atoms with Crippen LogP contribution >= 0.6 is 0 Å². The van der Waals surface area contributed by atoms with E-state index in [4.69, 9.17) is 9.47 Å². The molecule has 2 saturated carbocycles. The maximum Gasteiger partial charge on any atom is 0.408 e. The van der Waals surface area contributed by atoms with E-state index in [1.165, 1.54) is 4.90 Å². The van der Waals surface area contributed by atoms with Crippen LogP contribution in [0.1, 0.15) is 52.9 Å². The minimum absolute atomic E-state index is 0.0776. The summed E-state index contributed by atoms with van der Waals surface area (Å²) in [5.74, 6) is -2.59. The van der Waals surface area contributed by atoms with Crippen molar-refractivity contribution in [3.63, 3.8) is 0 Å². The second kappa shape index (κ2) is 10.5. The maximum absolute atomic E-state index is 13.5. The number of nitrogens with zero attached hydrogens (tertiary/aromatic N) is 1. The van der Waals surface area contributed by atoms with Crippen molar-refractivity contribution >= 4 is 33.8 Å². The van der Waals surface area contributed by atoms with E-state index in [-0.39, 0.29) is 39.0 Å². The Bertz CT molecular complexity index is 1110. The Labute approximate surface area is 221 Å². The van der Waals surface area contributed by atoms with Crippen molar-refractivity contribution in [2.45, 2.75) is 87.5 Å². The fourth-order valence-electron chi connectivity index (χ4n) is 4.75. The first-order chi connectivity index (χ1) is 17.7. The number of fused-ring (bicyclic) bond motifs is 2. The van der Waals surface area contributed by atoms with E-state index in [0.717, 1.165) is 0 Å². The number of amides is 4. The number of aliphatic hydroxyl groups is 1. The third-order valence-corrected chi connectivity index (χ3v) is 8.77. The third kappa shape index (κ3) is 6.46. The fraction of sp³-hybridized carbons (Fsp3) is 0.750. The van der Waals surface area contributed by atoms with Gasteiger partial charge in [-0.2, -0.15) is 0 Å². The summed E-state index contributed by atoms with van der Waals surface area (Å²) in [4.78, 5) is 53.7. The Kier molecular flexibility index (Phi) is 7.79. The van der Waals surface area contributed by atoms with Gasteiger partial charge in [0.2, 0.25) is 21.8 Å². The van der Waals surface area contributed by atoms with Gasteiger partial charge in [0.05, 0.1) is 18.0 Å². The lowest BCUT2D eigenvalue weighted by Crippen LogP contribution is -2.58. The first-order valence-corrected chi connectivity index (χ1v) is 14.4. The molecule has 5 atom stereocenters. The van der Waals surface area contributed by atoms with Crippen LogP contribution in [0.25, 0.3) is 0 Å². The number of aliphatic hydroxyl groups excluding tert-OH is 1. The second-order valence-corrected chi connectivity index (χ2v) is 13.3. The molecule has 13 nitrogen and oxygen atoms in total. The van der Waals surface area contributed by atoms with Gasteiger partial charge in [0, 0.05) is 31.9 Å². The summed E-state index contributed by atoms with van der Waals surface area (Å²) in [6, 6.07) is -2.22. The van der Waals surface area contributed by atoms with Crippen molar-refractivity contribution in [2.75, 3.05) is 19.8 Å². The Morgan fingerprint density at radius 1 is 1.24 bits per heavy atom. The molecule has 0 bridgehead atoms. The van der Waals surface area contributed by atoms with Gasteiger partial charge < -0.3 is 30.1 Å². The predicted molar refractivity (Wildman–Crippen MR) is 133 cm³/mol. The van der Waals surface area contributed by atoms with E-state index < -0.39 is 74.3 Å². The molecule has 0 aromatic carbocycles. The molecule has 4 N–H and O–H groups in total. The molecule has 4 amide bonds. The van der Waals surface area contributed by atoms with Crippen molar-refractivity contribution in [1.29, 1.82) is 0 Å². The highest BCUT2D eigenvalue weighted by Crippen LogP contribution is 2.46. The van der Waals surface area contributed by atoms with E-state index in [1.807, 2.05) is 0 Å². The summed E-state index contributed by atoms with van der Waals surface area (Å²) in [5, 5.41) is 14.9. The average Bonchev–Trinajstić information content (AvgIpc) is 3.71. The minimum atomic E-state index is -3.85. The number of nitrogens with one attached hydrogen (secondary N) is 3. The molecule has 0 unspecified atom stereocenters. The van der Waals surface area contributed by atoms with Crippen LogP contribution in [0.5, 0.6) is 0 Å². The third-order valence-electron chi connectivity index (χ3n) is 6.95. The SMILES string of the molecule is CC(C)(C)OC(=O)N[C@H]1CCOCC=C[C@@H]2C[C@@]2(C(=O)NS(=O)(=O)C2CC2)NC(=O)[C@@H]2C[C@@H](O)CN2C1=O. The van der Waals surface area contributed by atoms with Crippen LogP contribution in [0.4, 0.5) is 4.79 Å². The van der Waals surface area contributed by atoms with Crippen molar-refractivity contribution in [3.8, 4) is 0 Å². The smallest absolute Gasteiger partial charge is 0.408 e. The first-order valence-electron chi connectivity index (χ1n) is 12.8. The Morgan fingerprint density at radius 2 is 1.95 bits per heavy atom. The lowest BCUT2D eigenvalue weighted by atomic mass is 10.1. The number of hydrogen-bond acceptors (Lipinski definition) is 9. The van der Waals surface area contributed by atoms with Crippen molar-refractivity contribution in [3.05, 3.63) is 12.2 Å². The van der Waals surface area contributed by atoms with Crippen molar-refractivity contribution in [2.24, 2.45) is 5.92 Å². The van der Waals surface area contributed by atoms with Crippen LogP contribution in [0.2, 0.25) is 0 Å². The van der Waals surface area contributed by atoms with Crippen molar-refractivity contribution < 1.29 is 42.2 Å². The van der Waals surface area contributed by atoms with Gasteiger partial charge in [-0.25, -0.2) is 13.2 Å². The van der Waals surface area contributed by atoms with Crippen LogP contribution in [-0.4, -0.2) is 96.6 Å². The predicted octanol–water partition coefficient (Wildman–Crippen LogP) is -0.699. The molecular formula is C24H36N4O9S. The molecule has 1 saturated heterocycles. The lowest BCUT2D eigenvalue weighted by molar-refractivity contribution is -0.141. The van der Waals surface area contributed by atoms with Crippen LogP contribution in [0.3, 0.4) is 0 Å². The van der Waals surface area contributed by atoms with Crippen LogP contribution in [-0.2, 0) is 33.9 Å². The normalized spacial score (nSPS) is 32.4. The minimum Gasteiger partial charge on any atom is -0.444 e. The highest BCUT2D eigenvalue weighted by atomic mass is 32.2. The summed E-state index contributed by atoms with van der Waals surface area (Å²) < 4.78 is 37.8. The summed E-state index contributed by atoms with van der Waals surface area (Å²) >= 11 is 0. The molecule has 2 heterocycles. The molecular weight excluding hydrogens is 520 g/mol. The number of sulfonamides is 1. The molecule has 0 spiro atoms. The summed E-state index contributed by atoms with van der Waals surface area (Å²) in [5.41, 5.74) is -2.30. The number of ether oxygens (including phenoxy) is 2. The lowest BCUT2D eigenvalue weighted by Gasteiger charge is -2.30. The number of alkyl carbamates (subject to hydrolysis) is 1. The van der Waals surface area contributed by atoms with E-state index in [9.17, 15) is 32.7 Å². The zero-order chi connectivity index (χ0) is 27.9. The molecule has 0 radical (unpaired) electrons. The van der Waals surface area contributed by atoms with E-state index in [2.05, 4.69) is 15.4 Å². The summed E-state index contributed by atoms with van der Waals surface area (Å²) in [7, 11) is -3.85. The zero-order valence-corrected chi connectivity index (χ0v) is 22.6. The molecule has 212 valence electrons. The Morgan fingerprint density at radius 3 is 2.61 bits per heavy atom. The van der Waals surface area contributed by atoms with Gasteiger partial charge in [-0.15, -0.1) is 0 Å². The van der Waals surface area contributed by atoms with Gasteiger partial charge in [-0.05, 0) is 40.0 Å². The molecule has 14 heteroatoms. The van der Waals surface area contributed by atoms with E-state index in [0.29, 0.717) is 12.8 Å². The van der Waals surface area contributed by atoms with Crippen LogP contribution < -0.4 is 15.4 Å². The van der Waals surface area contributed by atoms with E-state index >= 15 is 0 Å². The standard InChI is InChI=1S/C24H36N4O9S/c1-23(2,3)37-22(33)25-17-8-10-36-9-4-5-14-12-24(14,21(32)27-38(34,35)16-6-7-16)26-19(30)18-11-15(29)13-28(18)20(17)31/h4-5,14-18,29H,6-13H2,1-3H3,(H,25,33)(H,26,30)(H,27,32)/t14-,15-,17+,18+,24-/m1/s1. The average molecular weight is 557 g/mol. The molecule has 0 aromatic heterocycles. The van der Waals surface area contributed by atoms with E-state index in [1.54, 1.807) is 32.9 Å². The highest BCUT2D eigenvalue weighted by molar-refractivity contribution is 7.91. The Balaban J connectivity index is 1.56. The number of carbonyl (C=O) groups is 4.